The third-order valence-corrected chi connectivity index (χ3v) is 6.21. The standard InChI is InChI=1S/C25H19F4N5O2/c1-14(26)23(35)33-12-17(13-33)34-22-18(19-4-3-11-32(2)24(19)36)9-10-30-21(22)20(31-34)15-5-7-16(8-6-15)25(27,28)29/h3-11,17H,1,12-13H2,2H3. The quantitative estimate of drug-likeness (QED) is 0.311. The van der Waals surface area contributed by atoms with E-state index in [-0.39, 0.29) is 24.7 Å². The van der Waals surface area contributed by atoms with Crippen molar-refractivity contribution in [2.75, 3.05) is 13.1 Å². The molecule has 0 N–H and O–H groups in total. The molecule has 0 radical (unpaired) electrons. The zero-order valence-electron chi connectivity index (χ0n) is 19.0. The van der Waals surface area contributed by atoms with Crippen LogP contribution in [0.15, 0.2) is 72.1 Å². The molecule has 7 nitrogen and oxygen atoms in total. The number of benzene rings is 1. The summed E-state index contributed by atoms with van der Waals surface area (Å²) in [6, 6.07) is 9.24. The molecule has 0 spiro atoms. The summed E-state index contributed by atoms with van der Waals surface area (Å²) in [6.45, 7) is 3.33. The molecule has 0 aliphatic carbocycles. The molecule has 1 aromatic carbocycles. The maximum atomic E-state index is 13.3. The maximum absolute atomic E-state index is 13.3. The summed E-state index contributed by atoms with van der Waals surface area (Å²) in [4.78, 5) is 30.6. The van der Waals surface area contributed by atoms with Crippen LogP contribution in [0, 0.1) is 0 Å². The Bertz CT molecular complexity index is 1560. The van der Waals surface area contributed by atoms with E-state index in [9.17, 15) is 27.2 Å². The van der Waals surface area contributed by atoms with E-state index in [2.05, 4.69) is 16.7 Å². The SMILES string of the molecule is C=C(F)C(=O)N1CC(n2nc(-c3ccc(C(F)(F)F)cc3)c3nccc(-c4cccn(C)c4=O)c32)C1. The minimum Gasteiger partial charge on any atom is -0.332 e. The number of aryl methyl sites for hydroxylation is 1. The molecule has 1 aliphatic heterocycles. The van der Waals surface area contributed by atoms with Gasteiger partial charge >= 0.3 is 6.18 Å². The van der Waals surface area contributed by atoms with Gasteiger partial charge in [-0.1, -0.05) is 18.7 Å². The summed E-state index contributed by atoms with van der Waals surface area (Å²) < 4.78 is 55.6. The van der Waals surface area contributed by atoms with Crippen LogP contribution in [0.5, 0.6) is 0 Å². The number of rotatable bonds is 4. The Kier molecular flexibility index (Phi) is 5.50. The van der Waals surface area contributed by atoms with E-state index in [1.165, 1.54) is 27.8 Å². The zero-order chi connectivity index (χ0) is 25.8. The van der Waals surface area contributed by atoms with Crippen molar-refractivity contribution in [1.82, 2.24) is 24.2 Å². The molecular weight excluding hydrogens is 478 g/mol. The maximum Gasteiger partial charge on any atom is 0.416 e. The minimum atomic E-state index is -4.49. The molecule has 0 bridgehead atoms. The summed E-state index contributed by atoms with van der Waals surface area (Å²) in [5, 5.41) is 4.66. The Morgan fingerprint density at radius 3 is 2.42 bits per heavy atom. The van der Waals surface area contributed by atoms with Crippen molar-refractivity contribution in [3.63, 3.8) is 0 Å². The first kappa shape index (κ1) is 23.5. The predicted molar refractivity (Wildman–Crippen MR) is 125 cm³/mol. The predicted octanol–water partition coefficient (Wildman–Crippen LogP) is 4.35. The first-order chi connectivity index (χ1) is 17.1. The van der Waals surface area contributed by atoms with Crippen LogP contribution in [-0.4, -0.2) is 43.2 Å². The number of nitrogens with zero attached hydrogens (tertiary/aromatic N) is 5. The van der Waals surface area contributed by atoms with Crippen molar-refractivity contribution in [3.05, 3.63) is 83.2 Å². The number of hydrogen-bond donors (Lipinski definition) is 0. The topological polar surface area (TPSA) is 73.0 Å². The van der Waals surface area contributed by atoms with Crippen LogP contribution < -0.4 is 5.56 Å². The number of alkyl halides is 3. The largest absolute Gasteiger partial charge is 0.416 e. The number of likely N-dealkylation sites (tertiary alicyclic amines) is 1. The highest BCUT2D eigenvalue weighted by atomic mass is 19.4. The lowest BCUT2D eigenvalue weighted by Crippen LogP contribution is -2.51. The molecule has 3 aromatic heterocycles. The number of carbonyl (C=O) groups excluding carboxylic acids is 1. The lowest BCUT2D eigenvalue weighted by Gasteiger charge is -2.39. The molecule has 4 heterocycles. The fourth-order valence-electron chi connectivity index (χ4n) is 4.31. The second-order valence-electron chi connectivity index (χ2n) is 8.53. The van der Waals surface area contributed by atoms with Crippen molar-refractivity contribution in [1.29, 1.82) is 0 Å². The number of carbonyl (C=O) groups is 1. The number of hydrogen-bond acceptors (Lipinski definition) is 4. The van der Waals surface area contributed by atoms with Gasteiger partial charge < -0.3 is 9.47 Å². The Morgan fingerprint density at radius 2 is 1.78 bits per heavy atom. The molecule has 0 unspecified atom stereocenters. The van der Waals surface area contributed by atoms with Crippen molar-refractivity contribution in [2.45, 2.75) is 12.2 Å². The number of fused-ring (bicyclic) bond motifs is 1. The molecule has 4 aromatic rings. The fraction of sp³-hybridized carbons (Fsp3) is 0.200. The smallest absolute Gasteiger partial charge is 0.332 e. The van der Waals surface area contributed by atoms with E-state index in [1.807, 2.05) is 0 Å². The molecule has 184 valence electrons. The van der Waals surface area contributed by atoms with E-state index in [4.69, 9.17) is 0 Å². The van der Waals surface area contributed by atoms with Gasteiger partial charge in [-0.25, -0.2) is 4.39 Å². The molecule has 0 atom stereocenters. The summed E-state index contributed by atoms with van der Waals surface area (Å²) >= 11 is 0. The molecule has 36 heavy (non-hydrogen) atoms. The van der Waals surface area contributed by atoms with Gasteiger partial charge in [0.25, 0.3) is 11.5 Å². The molecule has 5 rings (SSSR count). The van der Waals surface area contributed by atoms with Crippen molar-refractivity contribution in [2.24, 2.45) is 7.05 Å². The van der Waals surface area contributed by atoms with Gasteiger partial charge in [-0.15, -0.1) is 0 Å². The molecule has 11 heteroatoms. The van der Waals surface area contributed by atoms with Gasteiger partial charge in [0, 0.05) is 49.2 Å². The van der Waals surface area contributed by atoms with Gasteiger partial charge in [0.05, 0.1) is 17.1 Å². The van der Waals surface area contributed by atoms with Crippen molar-refractivity contribution in [3.8, 4) is 22.4 Å². The highest BCUT2D eigenvalue weighted by Crippen LogP contribution is 2.37. The average molecular weight is 497 g/mol. The van der Waals surface area contributed by atoms with Gasteiger partial charge in [0.2, 0.25) is 0 Å². The number of amides is 1. The highest BCUT2D eigenvalue weighted by molar-refractivity contribution is 5.99. The normalized spacial score (nSPS) is 14.2. The summed E-state index contributed by atoms with van der Waals surface area (Å²) in [6.07, 6.45) is -1.36. The summed E-state index contributed by atoms with van der Waals surface area (Å²) in [5.74, 6) is -1.89. The zero-order valence-corrected chi connectivity index (χ0v) is 19.0. The van der Waals surface area contributed by atoms with Crippen LogP contribution in [0.2, 0.25) is 0 Å². The third-order valence-electron chi connectivity index (χ3n) is 6.21. The second kappa shape index (κ2) is 8.43. The van der Waals surface area contributed by atoms with Gasteiger partial charge in [-0.2, -0.15) is 18.3 Å². The molecule has 1 saturated heterocycles. The van der Waals surface area contributed by atoms with Crippen LogP contribution in [0.4, 0.5) is 17.6 Å². The Balaban J connectivity index is 1.68. The van der Waals surface area contributed by atoms with E-state index in [1.54, 1.807) is 36.1 Å². The molecule has 0 saturated carbocycles. The van der Waals surface area contributed by atoms with Gasteiger partial charge in [0.15, 0.2) is 5.83 Å². The Labute approximate surface area is 201 Å². The molecule has 1 fully saturated rings. The fourth-order valence-corrected chi connectivity index (χ4v) is 4.31. The van der Waals surface area contributed by atoms with Crippen LogP contribution in [-0.2, 0) is 18.0 Å². The van der Waals surface area contributed by atoms with Gasteiger partial charge in [-0.05, 0) is 30.3 Å². The summed E-state index contributed by atoms with van der Waals surface area (Å²) in [5.41, 5.74) is 1.48. The van der Waals surface area contributed by atoms with E-state index >= 15 is 0 Å². The van der Waals surface area contributed by atoms with E-state index in [0.717, 1.165) is 12.1 Å². The highest BCUT2D eigenvalue weighted by Gasteiger charge is 2.36. The summed E-state index contributed by atoms with van der Waals surface area (Å²) in [7, 11) is 1.62. The third kappa shape index (κ3) is 3.86. The van der Waals surface area contributed by atoms with Crippen LogP contribution in [0.1, 0.15) is 11.6 Å². The monoisotopic (exact) mass is 497 g/mol. The first-order valence-corrected chi connectivity index (χ1v) is 10.9. The molecule has 1 amide bonds. The van der Waals surface area contributed by atoms with Crippen molar-refractivity contribution < 1.29 is 22.4 Å². The number of pyridine rings is 2. The first-order valence-electron chi connectivity index (χ1n) is 10.9. The molecule has 1 aliphatic rings. The van der Waals surface area contributed by atoms with Crippen LogP contribution in [0.3, 0.4) is 0 Å². The minimum absolute atomic E-state index is 0.145. The van der Waals surface area contributed by atoms with Crippen LogP contribution >= 0.6 is 0 Å². The lowest BCUT2D eigenvalue weighted by molar-refractivity contribution is -0.137. The second-order valence-corrected chi connectivity index (χ2v) is 8.53. The lowest BCUT2D eigenvalue weighted by atomic mass is 10.0. The van der Waals surface area contributed by atoms with E-state index < -0.39 is 23.5 Å². The van der Waals surface area contributed by atoms with E-state index in [0.29, 0.717) is 33.4 Å². The Hall–Kier alpha value is -4.28. The number of aromatic nitrogens is 4. The van der Waals surface area contributed by atoms with Crippen molar-refractivity contribution >= 4 is 16.9 Å². The Morgan fingerprint density at radius 1 is 1.08 bits per heavy atom. The van der Waals surface area contributed by atoms with Gasteiger partial charge in [0.1, 0.15) is 11.2 Å². The van der Waals surface area contributed by atoms with Gasteiger partial charge in [-0.3, -0.25) is 19.3 Å². The van der Waals surface area contributed by atoms with Crippen LogP contribution in [0.25, 0.3) is 33.4 Å². The molecular formula is C25H19F4N5O2. The average Bonchev–Trinajstić information content (AvgIpc) is 3.19. The number of halogens is 4.